The monoisotopic (exact) mass is 188 g/mol. The van der Waals surface area contributed by atoms with Crippen molar-refractivity contribution >= 4 is 5.82 Å². The molecule has 0 saturated carbocycles. The molecule has 0 amide bonds. The molecule has 1 fully saturated rings. The van der Waals surface area contributed by atoms with Gasteiger partial charge in [-0.15, -0.1) is 5.10 Å². The van der Waals surface area contributed by atoms with Crippen LogP contribution < -0.4 is 4.90 Å². The lowest BCUT2D eigenvalue weighted by Gasteiger charge is -2.29. The van der Waals surface area contributed by atoms with E-state index < -0.39 is 0 Å². The van der Waals surface area contributed by atoms with Gasteiger partial charge in [0.05, 0.1) is 6.07 Å². The molecular weight excluding hydrogens is 176 g/mol. The van der Waals surface area contributed by atoms with Crippen molar-refractivity contribution in [1.82, 2.24) is 10.2 Å². The number of rotatable bonds is 1. The third-order valence-corrected chi connectivity index (χ3v) is 2.56. The molecule has 0 atom stereocenters. The summed E-state index contributed by atoms with van der Waals surface area (Å²) in [6.07, 6.45) is 3.55. The first-order chi connectivity index (χ1) is 6.90. The first kappa shape index (κ1) is 8.95. The molecule has 1 aromatic heterocycles. The zero-order valence-corrected chi connectivity index (χ0v) is 7.93. The second kappa shape index (κ2) is 4.05. The molecule has 1 aliphatic rings. The molecule has 1 saturated heterocycles. The lowest BCUT2D eigenvalue weighted by molar-refractivity contribution is 0.484. The molecule has 0 aliphatic carbocycles. The van der Waals surface area contributed by atoms with Crippen molar-refractivity contribution in [2.45, 2.75) is 12.8 Å². The molecule has 4 nitrogen and oxygen atoms in total. The first-order valence-electron chi connectivity index (χ1n) is 4.82. The molecule has 4 heteroatoms. The van der Waals surface area contributed by atoms with Crippen molar-refractivity contribution in [3.05, 3.63) is 18.3 Å². The van der Waals surface area contributed by atoms with Crippen LogP contribution in [0.1, 0.15) is 12.8 Å². The number of nitrogens with zero attached hydrogens (tertiary/aromatic N) is 4. The summed E-state index contributed by atoms with van der Waals surface area (Å²) >= 11 is 0. The maximum Gasteiger partial charge on any atom is 0.151 e. The Morgan fingerprint density at radius 3 is 2.79 bits per heavy atom. The number of anilines is 1. The van der Waals surface area contributed by atoms with Gasteiger partial charge < -0.3 is 4.90 Å². The van der Waals surface area contributed by atoms with Gasteiger partial charge in [0.2, 0.25) is 0 Å². The van der Waals surface area contributed by atoms with Crippen molar-refractivity contribution < 1.29 is 0 Å². The summed E-state index contributed by atoms with van der Waals surface area (Å²) in [5, 5.41) is 16.6. The second-order valence-corrected chi connectivity index (χ2v) is 3.47. The smallest absolute Gasteiger partial charge is 0.151 e. The minimum atomic E-state index is 0.225. The van der Waals surface area contributed by atoms with Crippen LogP contribution in [0, 0.1) is 17.2 Å². The van der Waals surface area contributed by atoms with Gasteiger partial charge in [0.1, 0.15) is 0 Å². The molecule has 0 radical (unpaired) electrons. The molecule has 1 aliphatic heterocycles. The third kappa shape index (κ3) is 1.82. The predicted octanol–water partition coefficient (Wildman–Crippen LogP) is 1.22. The van der Waals surface area contributed by atoms with E-state index in [1.54, 1.807) is 6.20 Å². The van der Waals surface area contributed by atoms with E-state index in [1.807, 2.05) is 12.1 Å². The van der Waals surface area contributed by atoms with Gasteiger partial charge in [-0.2, -0.15) is 10.4 Å². The van der Waals surface area contributed by atoms with Crippen LogP contribution in [0.5, 0.6) is 0 Å². The van der Waals surface area contributed by atoms with Gasteiger partial charge in [-0.3, -0.25) is 0 Å². The lowest BCUT2D eigenvalue weighted by atomic mass is 9.99. The summed E-state index contributed by atoms with van der Waals surface area (Å²) in [7, 11) is 0. The van der Waals surface area contributed by atoms with Gasteiger partial charge in [-0.05, 0) is 25.0 Å². The highest BCUT2D eigenvalue weighted by Crippen LogP contribution is 2.20. The van der Waals surface area contributed by atoms with Crippen LogP contribution in [0.4, 0.5) is 5.82 Å². The number of hydrogen-bond acceptors (Lipinski definition) is 4. The van der Waals surface area contributed by atoms with Gasteiger partial charge in [0.25, 0.3) is 0 Å². The van der Waals surface area contributed by atoms with E-state index in [-0.39, 0.29) is 5.92 Å². The average Bonchev–Trinajstić information content (AvgIpc) is 2.30. The Bertz CT molecular complexity index is 322. The van der Waals surface area contributed by atoms with E-state index >= 15 is 0 Å². The van der Waals surface area contributed by atoms with Crippen LogP contribution >= 0.6 is 0 Å². The van der Waals surface area contributed by atoms with Crippen LogP contribution in [0.25, 0.3) is 0 Å². The highest BCUT2D eigenvalue weighted by Gasteiger charge is 2.19. The summed E-state index contributed by atoms with van der Waals surface area (Å²) in [5.41, 5.74) is 0. The Labute approximate surface area is 83.2 Å². The molecule has 0 unspecified atom stereocenters. The van der Waals surface area contributed by atoms with Crippen LogP contribution in [-0.4, -0.2) is 23.3 Å². The van der Waals surface area contributed by atoms with Gasteiger partial charge in [-0.1, -0.05) is 0 Å². The van der Waals surface area contributed by atoms with Gasteiger partial charge in [0, 0.05) is 25.2 Å². The maximum atomic E-state index is 8.75. The van der Waals surface area contributed by atoms with E-state index in [9.17, 15) is 0 Å². The quantitative estimate of drug-likeness (QED) is 0.664. The fourth-order valence-corrected chi connectivity index (χ4v) is 1.70. The average molecular weight is 188 g/mol. The van der Waals surface area contributed by atoms with Gasteiger partial charge in [-0.25, -0.2) is 0 Å². The Balaban J connectivity index is 2.00. The molecule has 0 spiro atoms. The Morgan fingerprint density at radius 2 is 2.21 bits per heavy atom. The minimum Gasteiger partial charge on any atom is -0.355 e. The molecule has 0 N–H and O–H groups in total. The molecule has 1 aromatic rings. The minimum absolute atomic E-state index is 0.225. The van der Waals surface area contributed by atoms with Crippen molar-refractivity contribution in [1.29, 1.82) is 5.26 Å². The zero-order valence-electron chi connectivity index (χ0n) is 7.93. The summed E-state index contributed by atoms with van der Waals surface area (Å²) in [6, 6.07) is 6.16. The number of nitriles is 1. The highest BCUT2D eigenvalue weighted by molar-refractivity contribution is 5.36. The molecule has 0 bridgehead atoms. The molecule has 2 heterocycles. The number of piperidine rings is 1. The SMILES string of the molecule is N#CC1CCN(c2cccnn2)CC1. The van der Waals surface area contributed by atoms with E-state index in [0.29, 0.717) is 0 Å². The topological polar surface area (TPSA) is 52.8 Å². The molecule has 2 rings (SSSR count). The molecule has 14 heavy (non-hydrogen) atoms. The van der Waals surface area contributed by atoms with E-state index in [2.05, 4.69) is 21.2 Å². The Kier molecular flexibility index (Phi) is 2.59. The van der Waals surface area contributed by atoms with E-state index in [0.717, 1.165) is 31.7 Å². The van der Waals surface area contributed by atoms with Crippen molar-refractivity contribution in [3.8, 4) is 6.07 Å². The van der Waals surface area contributed by atoms with E-state index in [1.165, 1.54) is 0 Å². The molecule has 0 aromatic carbocycles. The van der Waals surface area contributed by atoms with Crippen molar-refractivity contribution in [2.24, 2.45) is 5.92 Å². The molecular formula is C10H12N4. The Morgan fingerprint density at radius 1 is 1.43 bits per heavy atom. The zero-order chi connectivity index (χ0) is 9.80. The first-order valence-corrected chi connectivity index (χ1v) is 4.82. The molecule has 72 valence electrons. The van der Waals surface area contributed by atoms with Crippen LogP contribution in [0.2, 0.25) is 0 Å². The standard InChI is InChI=1S/C10H12N4/c11-8-9-3-6-14(7-4-9)10-2-1-5-12-13-10/h1-2,5,9H,3-4,6-7H2. The fourth-order valence-electron chi connectivity index (χ4n) is 1.70. The lowest BCUT2D eigenvalue weighted by Crippen LogP contribution is -2.33. The number of aromatic nitrogens is 2. The summed E-state index contributed by atoms with van der Waals surface area (Å²) in [5.74, 6) is 1.15. The number of hydrogen-bond donors (Lipinski definition) is 0. The largest absolute Gasteiger partial charge is 0.355 e. The normalized spacial score (nSPS) is 17.8. The van der Waals surface area contributed by atoms with Crippen molar-refractivity contribution in [3.63, 3.8) is 0 Å². The van der Waals surface area contributed by atoms with Crippen LogP contribution in [0.3, 0.4) is 0 Å². The second-order valence-electron chi connectivity index (χ2n) is 3.47. The summed E-state index contributed by atoms with van der Waals surface area (Å²) in [6.45, 7) is 1.83. The highest BCUT2D eigenvalue weighted by atomic mass is 15.3. The van der Waals surface area contributed by atoms with Crippen LogP contribution in [-0.2, 0) is 0 Å². The predicted molar refractivity (Wildman–Crippen MR) is 52.6 cm³/mol. The summed E-state index contributed by atoms with van der Waals surface area (Å²) < 4.78 is 0. The van der Waals surface area contributed by atoms with Gasteiger partial charge >= 0.3 is 0 Å². The Hall–Kier alpha value is -1.63. The maximum absolute atomic E-state index is 8.75. The fraction of sp³-hybridized carbons (Fsp3) is 0.500. The van der Waals surface area contributed by atoms with E-state index in [4.69, 9.17) is 5.26 Å². The third-order valence-electron chi connectivity index (χ3n) is 2.56. The van der Waals surface area contributed by atoms with Crippen LogP contribution in [0.15, 0.2) is 18.3 Å². The van der Waals surface area contributed by atoms with Gasteiger partial charge in [0.15, 0.2) is 5.82 Å². The summed E-state index contributed by atoms with van der Waals surface area (Å²) in [4.78, 5) is 2.18. The van der Waals surface area contributed by atoms with Crippen molar-refractivity contribution in [2.75, 3.05) is 18.0 Å².